The second kappa shape index (κ2) is 5.33. The Hall–Kier alpha value is -2.15. The Labute approximate surface area is 121 Å². The van der Waals surface area contributed by atoms with Gasteiger partial charge in [-0.25, -0.2) is 4.79 Å². The van der Waals surface area contributed by atoms with E-state index in [0.29, 0.717) is 11.7 Å². The third-order valence-corrected chi connectivity index (χ3v) is 4.14. The highest BCUT2D eigenvalue weighted by molar-refractivity contribution is 5.95. The van der Waals surface area contributed by atoms with Gasteiger partial charge in [-0.1, -0.05) is 0 Å². The SMILES string of the molecule is O=C(O)c1cc([N+](=O)[O-])ccc1N1CCN(C2CC2)CC1. The Morgan fingerprint density at radius 2 is 1.90 bits per heavy atom. The first kappa shape index (κ1) is 13.8. The van der Waals surface area contributed by atoms with Crippen molar-refractivity contribution >= 4 is 17.3 Å². The largest absolute Gasteiger partial charge is 0.478 e. The van der Waals surface area contributed by atoms with Crippen molar-refractivity contribution in [1.29, 1.82) is 0 Å². The highest BCUT2D eigenvalue weighted by atomic mass is 16.6. The molecule has 0 radical (unpaired) electrons. The molecule has 0 amide bonds. The summed E-state index contributed by atoms with van der Waals surface area (Å²) in [6.45, 7) is 3.35. The van der Waals surface area contributed by atoms with Crippen LogP contribution in [0.3, 0.4) is 0 Å². The van der Waals surface area contributed by atoms with Crippen molar-refractivity contribution in [2.75, 3.05) is 31.1 Å². The first-order valence-electron chi connectivity index (χ1n) is 7.07. The zero-order chi connectivity index (χ0) is 15.0. The number of hydrogen-bond acceptors (Lipinski definition) is 5. The minimum atomic E-state index is -1.13. The van der Waals surface area contributed by atoms with Gasteiger partial charge in [0.15, 0.2) is 0 Å². The highest BCUT2D eigenvalue weighted by Crippen LogP contribution is 2.30. The molecule has 1 heterocycles. The number of hydrogen-bond donors (Lipinski definition) is 1. The lowest BCUT2D eigenvalue weighted by atomic mass is 10.1. The number of nitro benzene ring substituents is 1. The molecule has 2 aliphatic rings. The number of carboxylic acids is 1. The minimum Gasteiger partial charge on any atom is -0.478 e. The van der Waals surface area contributed by atoms with Gasteiger partial charge in [0.05, 0.1) is 16.2 Å². The van der Waals surface area contributed by atoms with E-state index >= 15 is 0 Å². The average molecular weight is 291 g/mol. The van der Waals surface area contributed by atoms with E-state index in [-0.39, 0.29) is 11.3 Å². The topological polar surface area (TPSA) is 86.9 Å². The number of rotatable bonds is 4. The minimum absolute atomic E-state index is 0.00377. The lowest BCUT2D eigenvalue weighted by Crippen LogP contribution is -2.47. The van der Waals surface area contributed by atoms with E-state index in [9.17, 15) is 20.0 Å². The van der Waals surface area contributed by atoms with E-state index in [0.717, 1.165) is 32.2 Å². The van der Waals surface area contributed by atoms with Crippen LogP contribution in [0.5, 0.6) is 0 Å². The van der Waals surface area contributed by atoms with E-state index in [1.54, 1.807) is 6.07 Å². The smallest absolute Gasteiger partial charge is 0.338 e. The van der Waals surface area contributed by atoms with Crippen LogP contribution < -0.4 is 4.90 Å². The number of non-ortho nitro benzene ring substituents is 1. The molecule has 21 heavy (non-hydrogen) atoms. The summed E-state index contributed by atoms with van der Waals surface area (Å²) in [5, 5.41) is 20.1. The highest BCUT2D eigenvalue weighted by Gasteiger charge is 2.32. The van der Waals surface area contributed by atoms with E-state index in [4.69, 9.17) is 0 Å². The van der Waals surface area contributed by atoms with Crippen LogP contribution in [0.4, 0.5) is 11.4 Å². The Morgan fingerprint density at radius 3 is 2.43 bits per heavy atom. The number of carboxylic acid groups (broad SMARTS) is 1. The molecule has 0 spiro atoms. The summed E-state index contributed by atoms with van der Waals surface area (Å²) >= 11 is 0. The summed E-state index contributed by atoms with van der Waals surface area (Å²) in [7, 11) is 0. The second-order valence-corrected chi connectivity index (χ2v) is 5.52. The fourth-order valence-corrected chi connectivity index (χ4v) is 2.85. The van der Waals surface area contributed by atoms with E-state index in [2.05, 4.69) is 4.90 Å². The van der Waals surface area contributed by atoms with Crippen molar-refractivity contribution in [3.63, 3.8) is 0 Å². The fourth-order valence-electron chi connectivity index (χ4n) is 2.85. The van der Waals surface area contributed by atoms with Gasteiger partial charge in [0, 0.05) is 44.4 Å². The monoisotopic (exact) mass is 291 g/mol. The van der Waals surface area contributed by atoms with Crippen molar-refractivity contribution in [3.05, 3.63) is 33.9 Å². The average Bonchev–Trinajstić information content (AvgIpc) is 3.31. The first-order valence-corrected chi connectivity index (χ1v) is 7.07. The summed E-state index contributed by atoms with van der Waals surface area (Å²) in [5.74, 6) is -1.13. The quantitative estimate of drug-likeness (QED) is 0.669. The maximum absolute atomic E-state index is 11.4. The molecule has 112 valence electrons. The fraction of sp³-hybridized carbons (Fsp3) is 0.500. The Morgan fingerprint density at radius 1 is 1.24 bits per heavy atom. The van der Waals surface area contributed by atoms with Crippen molar-refractivity contribution in [2.45, 2.75) is 18.9 Å². The van der Waals surface area contributed by atoms with Gasteiger partial charge in [0.2, 0.25) is 0 Å². The van der Waals surface area contributed by atoms with E-state index in [1.807, 2.05) is 4.90 Å². The van der Waals surface area contributed by atoms with Crippen molar-refractivity contribution < 1.29 is 14.8 Å². The second-order valence-electron chi connectivity index (χ2n) is 5.52. The van der Waals surface area contributed by atoms with Crippen molar-refractivity contribution in [1.82, 2.24) is 4.90 Å². The number of aromatic carboxylic acids is 1. The van der Waals surface area contributed by atoms with E-state index < -0.39 is 10.9 Å². The number of carbonyl (C=O) groups is 1. The molecule has 1 aromatic rings. The standard InChI is InChI=1S/C14H17N3O4/c18-14(19)12-9-11(17(20)21)3-4-13(12)16-7-5-15(6-8-16)10-1-2-10/h3-4,9-10H,1-2,5-8H2,(H,18,19). The summed E-state index contributed by atoms with van der Waals surface area (Å²) in [6.07, 6.45) is 2.52. The molecule has 2 fully saturated rings. The molecule has 1 saturated heterocycles. The Kier molecular flexibility index (Phi) is 3.50. The van der Waals surface area contributed by atoms with Crippen LogP contribution in [-0.4, -0.2) is 53.1 Å². The number of piperazine rings is 1. The number of benzene rings is 1. The molecule has 0 unspecified atom stereocenters. The van der Waals surface area contributed by atoms with Crippen LogP contribution in [0.2, 0.25) is 0 Å². The third-order valence-electron chi connectivity index (χ3n) is 4.14. The lowest BCUT2D eigenvalue weighted by molar-refractivity contribution is -0.384. The predicted molar refractivity (Wildman–Crippen MR) is 76.9 cm³/mol. The number of nitro groups is 1. The Balaban J connectivity index is 1.81. The molecule has 1 aliphatic heterocycles. The third kappa shape index (κ3) is 2.82. The molecule has 1 aliphatic carbocycles. The summed E-state index contributed by atoms with van der Waals surface area (Å²) < 4.78 is 0. The lowest BCUT2D eigenvalue weighted by Gasteiger charge is -2.36. The van der Waals surface area contributed by atoms with Gasteiger partial charge >= 0.3 is 5.97 Å². The molecule has 7 heteroatoms. The predicted octanol–water partition coefficient (Wildman–Crippen LogP) is 1.58. The number of anilines is 1. The van der Waals surface area contributed by atoms with Gasteiger partial charge in [-0.05, 0) is 18.9 Å². The van der Waals surface area contributed by atoms with Crippen LogP contribution in [0.25, 0.3) is 0 Å². The normalized spacial score (nSPS) is 19.5. The Bertz CT molecular complexity index is 578. The molecule has 7 nitrogen and oxygen atoms in total. The first-order chi connectivity index (χ1) is 10.1. The zero-order valence-corrected chi connectivity index (χ0v) is 11.6. The van der Waals surface area contributed by atoms with Gasteiger partial charge in [0.1, 0.15) is 0 Å². The molecule has 1 saturated carbocycles. The van der Waals surface area contributed by atoms with Crippen LogP contribution in [0.1, 0.15) is 23.2 Å². The van der Waals surface area contributed by atoms with E-state index in [1.165, 1.54) is 18.9 Å². The van der Waals surface area contributed by atoms with Crippen LogP contribution in [-0.2, 0) is 0 Å². The van der Waals surface area contributed by atoms with Gasteiger partial charge in [-0.15, -0.1) is 0 Å². The maximum atomic E-state index is 11.4. The van der Waals surface area contributed by atoms with Crippen LogP contribution in [0, 0.1) is 10.1 Å². The van der Waals surface area contributed by atoms with Gasteiger partial charge in [-0.2, -0.15) is 0 Å². The molecular formula is C14H17N3O4. The molecular weight excluding hydrogens is 274 g/mol. The molecule has 1 N–H and O–H groups in total. The molecule has 0 bridgehead atoms. The summed E-state index contributed by atoms with van der Waals surface area (Å²) in [4.78, 5) is 26.0. The van der Waals surface area contributed by atoms with Gasteiger partial charge < -0.3 is 10.0 Å². The zero-order valence-electron chi connectivity index (χ0n) is 11.6. The van der Waals surface area contributed by atoms with Gasteiger partial charge in [-0.3, -0.25) is 15.0 Å². The molecule has 3 rings (SSSR count). The summed E-state index contributed by atoms with van der Waals surface area (Å²) in [5.41, 5.74) is 0.389. The number of nitrogens with zero attached hydrogens (tertiary/aromatic N) is 3. The molecule has 0 atom stereocenters. The maximum Gasteiger partial charge on any atom is 0.338 e. The van der Waals surface area contributed by atoms with Crippen LogP contribution >= 0.6 is 0 Å². The van der Waals surface area contributed by atoms with Crippen molar-refractivity contribution in [2.24, 2.45) is 0 Å². The van der Waals surface area contributed by atoms with Crippen LogP contribution in [0.15, 0.2) is 18.2 Å². The van der Waals surface area contributed by atoms with Crippen molar-refractivity contribution in [3.8, 4) is 0 Å². The summed E-state index contributed by atoms with van der Waals surface area (Å²) in [6, 6.07) is 4.77. The molecule has 0 aromatic heterocycles. The molecule has 1 aromatic carbocycles. The van der Waals surface area contributed by atoms with Gasteiger partial charge in [0.25, 0.3) is 5.69 Å².